The number of benzene rings is 2. The van der Waals surface area contributed by atoms with Gasteiger partial charge in [0.25, 0.3) is 0 Å². The van der Waals surface area contributed by atoms with Crippen LogP contribution in [0.4, 0.5) is 0 Å². The summed E-state index contributed by atoms with van der Waals surface area (Å²) in [5.41, 5.74) is 4.42. The first kappa shape index (κ1) is 20.0. The van der Waals surface area contributed by atoms with Gasteiger partial charge in [0.15, 0.2) is 18.2 Å². The van der Waals surface area contributed by atoms with Crippen molar-refractivity contribution in [2.24, 2.45) is 0 Å². The molecule has 8 heteroatoms. The lowest BCUT2D eigenvalue weighted by Crippen LogP contribution is -3.07. The number of ether oxygens (including phenoxy) is 2. The molecular formula is C20H26N5O2S+. The van der Waals surface area contributed by atoms with Crippen LogP contribution < -0.4 is 14.4 Å². The van der Waals surface area contributed by atoms with Gasteiger partial charge in [0.1, 0.15) is 6.54 Å². The van der Waals surface area contributed by atoms with E-state index >= 15 is 0 Å². The lowest BCUT2D eigenvalue weighted by Gasteiger charge is -2.15. The summed E-state index contributed by atoms with van der Waals surface area (Å²) in [5, 5.41) is 8.51. The Morgan fingerprint density at radius 3 is 2.29 bits per heavy atom. The molecule has 2 aromatic carbocycles. The Morgan fingerprint density at radius 2 is 1.64 bits per heavy atom. The molecular weight excluding hydrogens is 374 g/mol. The van der Waals surface area contributed by atoms with Gasteiger partial charge in [0.2, 0.25) is 4.77 Å². The number of rotatable bonds is 7. The van der Waals surface area contributed by atoms with Crippen molar-refractivity contribution in [3.8, 4) is 17.2 Å². The van der Waals surface area contributed by atoms with Gasteiger partial charge in [0, 0.05) is 5.56 Å². The van der Waals surface area contributed by atoms with Gasteiger partial charge >= 0.3 is 0 Å². The highest BCUT2D eigenvalue weighted by atomic mass is 32.1. The van der Waals surface area contributed by atoms with Crippen LogP contribution in [0.3, 0.4) is 0 Å². The van der Waals surface area contributed by atoms with Crippen molar-refractivity contribution in [1.82, 2.24) is 19.8 Å². The molecule has 1 unspecified atom stereocenters. The summed E-state index contributed by atoms with van der Waals surface area (Å²) in [6, 6.07) is 12.2. The summed E-state index contributed by atoms with van der Waals surface area (Å²) in [6.45, 7) is 5.52. The zero-order valence-electron chi connectivity index (χ0n) is 16.9. The molecule has 0 saturated heterocycles. The van der Waals surface area contributed by atoms with Crippen molar-refractivity contribution < 1.29 is 14.4 Å². The van der Waals surface area contributed by atoms with Crippen LogP contribution in [0.5, 0.6) is 11.5 Å². The summed E-state index contributed by atoms with van der Waals surface area (Å²) < 4.78 is 14.7. The largest absolute Gasteiger partial charge is 0.493 e. The molecule has 1 N–H and O–H groups in total. The number of quaternary nitrogens is 1. The summed E-state index contributed by atoms with van der Waals surface area (Å²) in [4.78, 5) is 1.22. The maximum Gasteiger partial charge on any atom is 0.225 e. The Kier molecular flexibility index (Phi) is 6.11. The molecule has 148 valence electrons. The number of nitrogens with one attached hydrogen (secondary N) is 1. The first-order valence-corrected chi connectivity index (χ1v) is 9.45. The molecule has 0 bridgehead atoms. The fraction of sp³-hybridized carbons (Fsp3) is 0.350. The predicted molar refractivity (Wildman–Crippen MR) is 110 cm³/mol. The van der Waals surface area contributed by atoms with E-state index in [1.807, 2.05) is 18.2 Å². The fourth-order valence-electron chi connectivity index (χ4n) is 3.26. The van der Waals surface area contributed by atoms with Crippen LogP contribution in [0, 0.1) is 18.6 Å². The van der Waals surface area contributed by atoms with Gasteiger partial charge in [-0.25, -0.2) is 0 Å². The normalized spacial score (nSPS) is 12.0. The highest BCUT2D eigenvalue weighted by Gasteiger charge is 2.13. The zero-order valence-corrected chi connectivity index (χ0v) is 17.7. The molecule has 1 atom stereocenters. The highest BCUT2D eigenvalue weighted by Crippen LogP contribution is 2.27. The number of methoxy groups -OCH3 is 2. The molecule has 1 aromatic heterocycles. The number of hydrogen-bond donors (Lipinski definition) is 1. The number of aryl methyl sites for hydroxylation is 2. The number of nitrogens with zero attached hydrogens (tertiary/aromatic N) is 4. The maximum atomic E-state index is 5.60. The van der Waals surface area contributed by atoms with Gasteiger partial charge in [-0.05, 0) is 78.0 Å². The summed E-state index contributed by atoms with van der Waals surface area (Å²) in [5.74, 6) is 1.45. The first-order chi connectivity index (χ1) is 13.4. The van der Waals surface area contributed by atoms with Crippen molar-refractivity contribution in [2.45, 2.75) is 27.1 Å². The maximum absolute atomic E-state index is 5.60. The fourth-order valence-corrected chi connectivity index (χ4v) is 3.50. The minimum absolute atomic E-state index is 0.580. The van der Waals surface area contributed by atoms with Crippen LogP contribution in [0.1, 0.15) is 16.7 Å². The molecule has 0 aliphatic carbocycles. The molecule has 0 spiro atoms. The smallest absolute Gasteiger partial charge is 0.225 e. The van der Waals surface area contributed by atoms with E-state index in [2.05, 4.69) is 49.5 Å². The number of aromatic nitrogens is 4. The van der Waals surface area contributed by atoms with Crippen molar-refractivity contribution in [1.29, 1.82) is 0 Å². The van der Waals surface area contributed by atoms with Crippen molar-refractivity contribution in [3.63, 3.8) is 0 Å². The van der Waals surface area contributed by atoms with Crippen molar-refractivity contribution >= 4 is 12.2 Å². The third kappa shape index (κ3) is 4.40. The van der Waals surface area contributed by atoms with E-state index in [9.17, 15) is 0 Å². The minimum atomic E-state index is 0.580. The molecule has 1 heterocycles. The molecule has 28 heavy (non-hydrogen) atoms. The van der Waals surface area contributed by atoms with Crippen molar-refractivity contribution in [2.75, 3.05) is 21.3 Å². The van der Waals surface area contributed by atoms with Crippen LogP contribution in [-0.2, 0) is 13.2 Å². The molecule has 0 aliphatic heterocycles. The lowest BCUT2D eigenvalue weighted by molar-refractivity contribution is -0.917. The van der Waals surface area contributed by atoms with Gasteiger partial charge in [-0.15, -0.1) is 0 Å². The third-order valence-electron chi connectivity index (χ3n) is 4.46. The van der Waals surface area contributed by atoms with E-state index in [0.29, 0.717) is 11.4 Å². The Hall–Kier alpha value is -2.71. The molecule has 0 radical (unpaired) electrons. The number of hydrogen-bond acceptors (Lipinski definition) is 5. The predicted octanol–water partition coefficient (Wildman–Crippen LogP) is 2.10. The van der Waals surface area contributed by atoms with Crippen LogP contribution in [-0.4, -0.2) is 41.1 Å². The lowest BCUT2D eigenvalue weighted by atomic mass is 10.1. The van der Waals surface area contributed by atoms with Gasteiger partial charge in [-0.3, -0.25) is 0 Å². The molecule has 7 nitrogen and oxygen atoms in total. The first-order valence-electron chi connectivity index (χ1n) is 9.05. The highest BCUT2D eigenvalue weighted by molar-refractivity contribution is 7.71. The number of tetrazole rings is 1. The Bertz CT molecular complexity index is 1010. The summed E-state index contributed by atoms with van der Waals surface area (Å²) in [6.07, 6.45) is 0. The molecule has 0 saturated carbocycles. The second-order valence-corrected chi connectivity index (χ2v) is 7.37. The van der Waals surface area contributed by atoms with Crippen molar-refractivity contribution in [3.05, 3.63) is 57.9 Å². The summed E-state index contributed by atoms with van der Waals surface area (Å²) in [7, 11) is 5.37. The van der Waals surface area contributed by atoms with Gasteiger partial charge in [0.05, 0.1) is 27.0 Å². The molecule has 0 amide bonds. The quantitative estimate of drug-likeness (QED) is 0.616. The van der Waals surface area contributed by atoms with E-state index in [4.69, 9.17) is 21.7 Å². The second-order valence-electron chi connectivity index (χ2n) is 7.00. The van der Waals surface area contributed by atoms with E-state index in [0.717, 1.165) is 29.3 Å². The van der Waals surface area contributed by atoms with Gasteiger partial charge in [-0.1, -0.05) is 6.07 Å². The van der Waals surface area contributed by atoms with Crippen LogP contribution in [0.25, 0.3) is 5.69 Å². The second kappa shape index (κ2) is 8.53. The Balaban J connectivity index is 1.76. The third-order valence-corrected chi connectivity index (χ3v) is 4.85. The van der Waals surface area contributed by atoms with E-state index < -0.39 is 0 Å². The summed E-state index contributed by atoms with van der Waals surface area (Å²) >= 11 is 5.60. The topological polar surface area (TPSA) is 58.5 Å². The van der Waals surface area contributed by atoms with Crippen LogP contribution in [0.15, 0.2) is 36.4 Å². The Labute approximate surface area is 170 Å². The molecule has 3 rings (SSSR count). The van der Waals surface area contributed by atoms with E-state index in [1.165, 1.54) is 16.0 Å². The van der Waals surface area contributed by atoms with E-state index in [1.54, 1.807) is 23.6 Å². The standard InChI is InChI=1S/C20H25N5O2S/c1-14-8-15(2)10-17(9-14)25-20(28)24(21-22-25)13-23(3)12-16-6-7-18(26-4)19(11-16)27-5/h6-11H,12-13H2,1-5H3/p+1. The van der Waals surface area contributed by atoms with Crippen LogP contribution in [0.2, 0.25) is 0 Å². The van der Waals surface area contributed by atoms with E-state index in [-0.39, 0.29) is 0 Å². The Morgan fingerprint density at radius 1 is 0.964 bits per heavy atom. The van der Waals surface area contributed by atoms with Gasteiger partial charge < -0.3 is 14.4 Å². The molecule has 0 aliphatic rings. The SMILES string of the molecule is COc1ccc(C[NH+](C)Cn2nnn(-c3cc(C)cc(C)c3)c2=S)cc1OC. The van der Waals surface area contributed by atoms with Gasteiger partial charge in [-0.2, -0.15) is 9.36 Å². The average molecular weight is 401 g/mol. The monoisotopic (exact) mass is 400 g/mol. The molecule has 3 aromatic rings. The zero-order chi connectivity index (χ0) is 20.3. The minimum Gasteiger partial charge on any atom is -0.493 e. The average Bonchev–Trinajstić information content (AvgIpc) is 3.01. The molecule has 0 fully saturated rings. The van der Waals surface area contributed by atoms with Crippen LogP contribution >= 0.6 is 12.2 Å².